The van der Waals surface area contributed by atoms with Crippen molar-refractivity contribution < 1.29 is 23.7 Å². The third-order valence-electron chi connectivity index (χ3n) is 5.09. The van der Waals surface area contributed by atoms with Gasteiger partial charge in [-0.25, -0.2) is 0 Å². The number of nitriles is 1. The number of benzene rings is 4. The molecule has 36 heavy (non-hydrogen) atoms. The second kappa shape index (κ2) is 13.8. The average molecular weight is 482 g/mol. The van der Waals surface area contributed by atoms with Crippen LogP contribution < -0.4 is 18.9 Å². The Morgan fingerprint density at radius 3 is 1.64 bits per heavy atom. The molecule has 4 rings (SSSR count). The van der Waals surface area contributed by atoms with Gasteiger partial charge in [0.05, 0.1) is 25.9 Å². The monoisotopic (exact) mass is 481 g/mol. The fourth-order valence-electron chi connectivity index (χ4n) is 3.20. The molecule has 0 bridgehead atoms. The molecular formula is C30H27NO5. The summed E-state index contributed by atoms with van der Waals surface area (Å²) >= 11 is 0. The van der Waals surface area contributed by atoms with E-state index in [4.69, 9.17) is 24.2 Å². The number of ether oxygens (including phenoxy) is 4. The quantitative estimate of drug-likeness (QED) is 0.264. The van der Waals surface area contributed by atoms with Crippen molar-refractivity contribution in [3.63, 3.8) is 0 Å². The third kappa shape index (κ3) is 7.64. The number of carbonyl (C=O) groups is 1. The minimum Gasteiger partial charge on any atom is -0.493 e. The van der Waals surface area contributed by atoms with Crippen molar-refractivity contribution >= 4 is 6.29 Å². The first-order valence-electron chi connectivity index (χ1n) is 11.2. The summed E-state index contributed by atoms with van der Waals surface area (Å²) in [5.41, 5.74) is 3.29. The van der Waals surface area contributed by atoms with Gasteiger partial charge >= 0.3 is 0 Å². The molecule has 0 heterocycles. The predicted molar refractivity (Wildman–Crippen MR) is 138 cm³/mol. The van der Waals surface area contributed by atoms with Crippen molar-refractivity contribution in [2.24, 2.45) is 0 Å². The van der Waals surface area contributed by atoms with Gasteiger partial charge < -0.3 is 18.9 Å². The molecule has 0 atom stereocenters. The average Bonchev–Trinajstić information content (AvgIpc) is 2.96. The Balaban J connectivity index is 0.000000201. The van der Waals surface area contributed by atoms with Crippen LogP contribution in [0.2, 0.25) is 0 Å². The summed E-state index contributed by atoms with van der Waals surface area (Å²) in [5, 5.41) is 8.81. The van der Waals surface area contributed by atoms with Gasteiger partial charge in [0.25, 0.3) is 0 Å². The van der Waals surface area contributed by atoms with E-state index in [9.17, 15) is 4.79 Å². The van der Waals surface area contributed by atoms with E-state index in [2.05, 4.69) is 6.07 Å². The molecule has 0 aliphatic carbocycles. The lowest BCUT2D eigenvalue weighted by Crippen LogP contribution is -1.98. The summed E-state index contributed by atoms with van der Waals surface area (Å²) in [6.45, 7) is 0.945. The molecule has 182 valence electrons. The van der Waals surface area contributed by atoms with E-state index in [0.29, 0.717) is 47.3 Å². The van der Waals surface area contributed by atoms with Gasteiger partial charge in [-0.1, -0.05) is 60.7 Å². The molecule has 0 amide bonds. The minimum absolute atomic E-state index is 0.470. The number of hydrogen-bond donors (Lipinski definition) is 0. The van der Waals surface area contributed by atoms with Crippen LogP contribution in [0.15, 0.2) is 97.1 Å². The Morgan fingerprint density at radius 1 is 0.667 bits per heavy atom. The molecule has 0 radical (unpaired) electrons. The van der Waals surface area contributed by atoms with E-state index < -0.39 is 0 Å². The lowest BCUT2D eigenvalue weighted by molar-refractivity contribution is 0.112. The first kappa shape index (κ1) is 25.9. The Morgan fingerprint density at radius 2 is 1.17 bits per heavy atom. The van der Waals surface area contributed by atoms with Crippen LogP contribution in [0.5, 0.6) is 23.0 Å². The molecule has 6 heteroatoms. The van der Waals surface area contributed by atoms with E-state index in [1.165, 1.54) is 0 Å². The summed E-state index contributed by atoms with van der Waals surface area (Å²) in [5.74, 6) is 2.41. The van der Waals surface area contributed by atoms with E-state index in [1.54, 1.807) is 50.6 Å². The molecule has 0 aliphatic heterocycles. The summed E-state index contributed by atoms with van der Waals surface area (Å²) in [6.07, 6.45) is 0.781. The number of aldehydes is 1. The number of carbonyl (C=O) groups excluding carboxylic acids is 1. The van der Waals surface area contributed by atoms with Crippen molar-refractivity contribution in [1.82, 2.24) is 0 Å². The number of hydrogen-bond acceptors (Lipinski definition) is 6. The lowest BCUT2D eigenvalue weighted by Gasteiger charge is -2.10. The molecule has 4 aromatic carbocycles. The van der Waals surface area contributed by atoms with E-state index in [1.807, 2.05) is 60.7 Å². The number of rotatable bonds is 9. The van der Waals surface area contributed by atoms with Gasteiger partial charge in [0.1, 0.15) is 19.5 Å². The van der Waals surface area contributed by atoms with Crippen molar-refractivity contribution in [3.05, 3.63) is 119 Å². The third-order valence-corrected chi connectivity index (χ3v) is 5.09. The van der Waals surface area contributed by atoms with Crippen molar-refractivity contribution in [1.29, 1.82) is 5.26 Å². The highest BCUT2D eigenvalue weighted by Crippen LogP contribution is 2.29. The van der Waals surface area contributed by atoms with Crippen LogP contribution >= 0.6 is 0 Å². The van der Waals surface area contributed by atoms with E-state index >= 15 is 0 Å². The molecule has 0 aromatic heterocycles. The van der Waals surface area contributed by atoms with Crippen molar-refractivity contribution in [2.75, 3.05) is 14.2 Å². The Kier molecular flexibility index (Phi) is 9.93. The van der Waals surface area contributed by atoms with Gasteiger partial charge in [0.2, 0.25) is 0 Å². The molecule has 0 fully saturated rings. The summed E-state index contributed by atoms with van der Waals surface area (Å²) < 4.78 is 21.7. The molecule has 6 nitrogen and oxygen atoms in total. The van der Waals surface area contributed by atoms with E-state index in [0.717, 1.165) is 17.4 Å². The van der Waals surface area contributed by atoms with Gasteiger partial charge in [-0.2, -0.15) is 5.26 Å². The first-order chi connectivity index (χ1) is 17.7. The number of methoxy groups -OCH3 is 2. The zero-order chi connectivity index (χ0) is 25.6. The van der Waals surface area contributed by atoms with Crippen LogP contribution in [0.3, 0.4) is 0 Å². The van der Waals surface area contributed by atoms with E-state index in [-0.39, 0.29) is 0 Å². The maximum Gasteiger partial charge on any atom is 0.162 e. The molecule has 4 aromatic rings. The Bertz CT molecular complexity index is 1280. The maximum atomic E-state index is 10.7. The normalized spacial score (nSPS) is 9.69. The van der Waals surface area contributed by atoms with Crippen molar-refractivity contribution in [2.45, 2.75) is 13.2 Å². The predicted octanol–water partition coefficient (Wildman–Crippen LogP) is 6.23. The molecule has 0 unspecified atom stereocenters. The highest BCUT2D eigenvalue weighted by molar-refractivity contribution is 5.76. The van der Waals surface area contributed by atoms with Crippen LogP contribution in [0.25, 0.3) is 0 Å². The topological polar surface area (TPSA) is 77.8 Å². The zero-order valence-corrected chi connectivity index (χ0v) is 20.2. The molecular weight excluding hydrogens is 454 g/mol. The standard InChI is InChI=1S/C15H13NO2.C15H14O3/c2*1-17-15-9-13(10-16)7-8-14(15)18-11-12-5-3-2-4-6-12/h2-9H,11H2,1H3;2-10H,11H2,1H3. The summed E-state index contributed by atoms with van der Waals surface area (Å²) in [4.78, 5) is 10.7. The smallest absolute Gasteiger partial charge is 0.162 e. The van der Waals surface area contributed by atoms with Crippen LogP contribution in [0.1, 0.15) is 27.0 Å². The SMILES string of the molecule is COc1cc(C#N)ccc1OCc1ccccc1.COc1cc(C=O)ccc1OCc1ccccc1. The van der Waals surface area contributed by atoms with Gasteiger partial charge in [0.15, 0.2) is 23.0 Å². The second-order valence-electron chi connectivity index (χ2n) is 7.55. The van der Waals surface area contributed by atoms with Gasteiger partial charge in [-0.05, 0) is 41.5 Å². The fraction of sp³-hybridized carbons (Fsp3) is 0.133. The number of nitrogens with zero attached hydrogens (tertiary/aromatic N) is 1. The summed E-state index contributed by atoms with van der Waals surface area (Å²) in [7, 11) is 3.12. The van der Waals surface area contributed by atoms with Crippen LogP contribution in [0.4, 0.5) is 0 Å². The highest BCUT2D eigenvalue weighted by atomic mass is 16.5. The molecule has 0 N–H and O–H groups in total. The molecule has 0 spiro atoms. The largest absolute Gasteiger partial charge is 0.493 e. The first-order valence-corrected chi connectivity index (χ1v) is 11.2. The minimum atomic E-state index is 0.470. The lowest BCUT2D eigenvalue weighted by atomic mass is 10.2. The Hall–Kier alpha value is -4.76. The molecule has 0 aliphatic rings. The fourth-order valence-corrected chi connectivity index (χ4v) is 3.20. The molecule has 0 saturated carbocycles. The second-order valence-corrected chi connectivity index (χ2v) is 7.55. The highest BCUT2D eigenvalue weighted by Gasteiger charge is 2.07. The maximum absolute atomic E-state index is 10.7. The van der Waals surface area contributed by atoms with Crippen LogP contribution in [-0.2, 0) is 13.2 Å². The Labute approximate surface area is 211 Å². The zero-order valence-electron chi connectivity index (χ0n) is 20.2. The van der Waals surface area contributed by atoms with Crippen LogP contribution in [-0.4, -0.2) is 20.5 Å². The van der Waals surface area contributed by atoms with Gasteiger partial charge in [0, 0.05) is 11.6 Å². The van der Waals surface area contributed by atoms with Gasteiger partial charge in [-0.3, -0.25) is 4.79 Å². The van der Waals surface area contributed by atoms with Crippen LogP contribution in [0, 0.1) is 11.3 Å². The van der Waals surface area contributed by atoms with Crippen molar-refractivity contribution in [3.8, 4) is 29.1 Å². The summed E-state index contributed by atoms with van der Waals surface area (Å²) in [6, 6.07) is 32.1. The molecule has 0 saturated heterocycles. The van der Waals surface area contributed by atoms with Gasteiger partial charge in [-0.15, -0.1) is 0 Å².